The SMILES string of the molecule is CCNCc1ccc(S(=O)(=O)NCCc2nccn2C)o1. The van der Waals surface area contributed by atoms with Crippen LogP contribution in [0.3, 0.4) is 0 Å². The minimum Gasteiger partial charge on any atom is -0.447 e. The molecule has 0 aliphatic carbocycles. The van der Waals surface area contributed by atoms with E-state index in [1.165, 1.54) is 6.07 Å². The third kappa shape index (κ3) is 4.16. The van der Waals surface area contributed by atoms with E-state index >= 15 is 0 Å². The molecule has 116 valence electrons. The standard InChI is InChI=1S/C13H20N4O3S/c1-3-14-10-11-4-5-13(20-11)21(18,19)16-7-6-12-15-8-9-17(12)2/h4-5,8-9,14,16H,3,6-7,10H2,1-2H3. The summed E-state index contributed by atoms with van der Waals surface area (Å²) < 4.78 is 33.9. The fourth-order valence-corrected chi connectivity index (χ4v) is 2.83. The molecule has 0 saturated carbocycles. The molecule has 2 heterocycles. The molecule has 0 radical (unpaired) electrons. The summed E-state index contributed by atoms with van der Waals surface area (Å²) in [4.78, 5) is 4.14. The van der Waals surface area contributed by atoms with Gasteiger partial charge in [0.1, 0.15) is 11.6 Å². The zero-order valence-corrected chi connectivity index (χ0v) is 13.0. The lowest BCUT2D eigenvalue weighted by Gasteiger charge is -2.04. The number of rotatable bonds is 8. The first-order chi connectivity index (χ1) is 10.0. The minimum atomic E-state index is -3.61. The third-order valence-electron chi connectivity index (χ3n) is 3.01. The summed E-state index contributed by atoms with van der Waals surface area (Å²) in [6.07, 6.45) is 4.03. The van der Waals surface area contributed by atoms with Gasteiger partial charge in [0.25, 0.3) is 10.0 Å². The van der Waals surface area contributed by atoms with Gasteiger partial charge in [-0.05, 0) is 18.7 Å². The Balaban J connectivity index is 1.92. The predicted molar refractivity (Wildman–Crippen MR) is 78.2 cm³/mol. The zero-order valence-electron chi connectivity index (χ0n) is 12.2. The Kier molecular flexibility index (Phi) is 5.16. The van der Waals surface area contributed by atoms with Crippen LogP contribution in [0, 0.1) is 0 Å². The van der Waals surface area contributed by atoms with Gasteiger partial charge in [-0.25, -0.2) is 18.1 Å². The number of imidazole rings is 1. The molecule has 2 rings (SSSR count). The lowest BCUT2D eigenvalue weighted by molar-refractivity contribution is 0.401. The van der Waals surface area contributed by atoms with Crippen molar-refractivity contribution in [3.8, 4) is 0 Å². The maximum absolute atomic E-state index is 12.1. The third-order valence-corrected chi connectivity index (χ3v) is 4.35. The summed E-state index contributed by atoms with van der Waals surface area (Å²) in [5.74, 6) is 1.42. The number of aromatic nitrogens is 2. The fraction of sp³-hybridized carbons (Fsp3) is 0.462. The molecule has 0 aliphatic heterocycles. The molecule has 0 atom stereocenters. The number of hydrogen-bond donors (Lipinski definition) is 2. The number of furan rings is 1. The highest BCUT2D eigenvalue weighted by Crippen LogP contribution is 2.13. The molecule has 0 spiro atoms. The Morgan fingerprint density at radius 1 is 1.38 bits per heavy atom. The molecule has 21 heavy (non-hydrogen) atoms. The van der Waals surface area contributed by atoms with Crippen LogP contribution < -0.4 is 10.0 Å². The van der Waals surface area contributed by atoms with Gasteiger partial charge in [0.15, 0.2) is 0 Å². The minimum absolute atomic E-state index is 0.0600. The predicted octanol–water partition coefficient (Wildman–Crippen LogP) is 0.644. The summed E-state index contributed by atoms with van der Waals surface area (Å²) in [7, 11) is -1.74. The highest BCUT2D eigenvalue weighted by molar-refractivity contribution is 7.89. The highest BCUT2D eigenvalue weighted by atomic mass is 32.2. The van der Waals surface area contributed by atoms with Crippen LogP contribution in [0.15, 0.2) is 34.0 Å². The average molecular weight is 312 g/mol. The Labute approximate surface area is 124 Å². The smallest absolute Gasteiger partial charge is 0.273 e. The number of nitrogens with zero attached hydrogens (tertiary/aromatic N) is 2. The number of nitrogens with one attached hydrogen (secondary N) is 2. The normalized spacial score (nSPS) is 11.9. The van der Waals surface area contributed by atoms with E-state index in [-0.39, 0.29) is 11.6 Å². The maximum atomic E-state index is 12.1. The maximum Gasteiger partial charge on any atom is 0.273 e. The van der Waals surface area contributed by atoms with Crippen LogP contribution in [-0.4, -0.2) is 31.1 Å². The number of aryl methyl sites for hydroxylation is 1. The van der Waals surface area contributed by atoms with Crippen LogP contribution >= 0.6 is 0 Å². The summed E-state index contributed by atoms with van der Waals surface area (Å²) in [5.41, 5.74) is 0. The molecular weight excluding hydrogens is 292 g/mol. The van der Waals surface area contributed by atoms with Crippen LogP contribution in [-0.2, 0) is 30.0 Å². The van der Waals surface area contributed by atoms with E-state index in [1.807, 2.05) is 24.7 Å². The van der Waals surface area contributed by atoms with Crippen LogP contribution in [0.1, 0.15) is 18.5 Å². The molecular formula is C13H20N4O3S. The monoisotopic (exact) mass is 312 g/mol. The molecule has 0 aliphatic rings. The Morgan fingerprint density at radius 3 is 2.86 bits per heavy atom. The molecule has 0 fully saturated rings. The van der Waals surface area contributed by atoms with E-state index in [0.29, 0.717) is 18.7 Å². The van der Waals surface area contributed by atoms with Gasteiger partial charge in [0.05, 0.1) is 6.54 Å². The topological polar surface area (TPSA) is 89.2 Å². The van der Waals surface area contributed by atoms with Gasteiger partial charge in [0.2, 0.25) is 5.09 Å². The first-order valence-corrected chi connectivity index (χ1v) is 8.26. The van der Waals surface area contributed by atoms with Crippen molar-refractivity contribution in [3.05, 3.63) is 36.1 Å². The summed E-state index contributed by atoms with van der Waals surface area (Å²) in [6, 6.07) is 3.13. The molecule has 0 unspecified atom stereocenters. The quantitative estimate of drug-likeness (QED) is 0.747. The molecule has 2 aromatic heterocycles. The van der Waals surface area contributed by atoms with Crippen molar-refractivity contribution < 1.29 is 12.8 Å². The van der Waals surface area contributed by atoms with E-state index in [1.54, 1.807) is 12.3 Å². The van der Waals surface area contributed by atoms with Gasteiger partial charge >= 0.3 is 0 Å². The molecule has 7 nitrogen and oxygen atoms in total. The zero-order chi connectivity index (χ0) is 15.3. The first kappa shape index (κ1) is 15.7. The first-order valence-electron chi connectivity index (χ1n) is 6.78. The molecule has 2 aromatic rings. The molecule has 0 aromatic carbocycles. The summed E-state index contributed by atoms with van der Waals surface area (Å²) in [6.45, 7) is 3.56. The van der Waals surface area contributed by atoms with Gasteiger partial charge in [0, 0.05) is 32.4 Å². The lowest BCUT2D eigenvalue weighted by Crippen LogP contribution is -2.26. The van der Waals surface area contributed by atoms with Crippen LogP contribution in [0.2, 0.25) is 0 Å². The van der Waals surface area contributed by atoms with Crippen molar-refractivity contribution in [3.63, 3.8) is 0 Å². The summed E-state index contributed by atoms with van der Waals surface area (Å²) >= 11 is 0. The van der Waals surface area contributed by atoms with E-state index < -0.39 is 10.0 Å². The van der Waals surface area contributed by atoms with Crippen molar-refractivity contribution in [1.82, 2.24) is 19.6 Å². The van der Waals surface area contributed by atoms with Crippen molar-refractivity contribution in [2.75, 3.05) is 13.1 Å². The second-order valence-corrected chi connectivity index (χ2v) is 6.30. The molecule has 0 amide bonds. The van der Waals surface area contributed by atoms with Crippen LogP contribution in [0.4, 0.5) is 0 Å². The van der Waals surface area contributed by atoms with E-state index in [4.69, 9.17) is 4.42 Å². The van der Waals surface area contributed by atoms with Gasteiger partial charge in [-0.1, -0.05) is 6.92 Å². The Morgan fingerprint density at radius 2 is 2.19 bits per heavy atom. The fourth-order valence-electron chi connectivity index (χ4n) is 1.85. The second-order valence-electron chi connectivity index (χ2n) is 4.60. The van der Waals surface area contributed by atoms with Gasteiger partial charge in [-0.3, -0.25) is 0 Å². The Hall–Kier alpha value is -1.64. The Bertz CT molecular complexity index is 675. The highest BCUT2D eigenvalue weighted by Gasteiger charge is 2.18. The molecule has 8 heteroatoms. The molecule has 2 N–H and O–H groups in total. The second kappa shape index (κ2) is 6.88. The average Bonchev–Trinajstić information content (AvgIpc) is 3.06. The van der Waals surface area contributed by atoms with Crippen molar-refractivity contribution in [1.29, 1.82) is 0 Å². The van der Waals surface area contributed by atoms with Gasteiger partial charge in [-0.2, -0.15) is 0 Å². The van der Waals surface area contributed by atoms with E-state index in [0.717, 1.165) is 12.4 Å². The van der Waals surface area contributed by atoms with Crippen molar-refractivity contribution in [2.24, 2.45) is 7.05 Å². The van der Waals surface area contributed by atoms with Gasteiger partial charge in [-0.15, -0.1) is 0 Å². The van der Waals surface area contributed by atoms with Crippen LogP contribution in [0.25, 0.3) is 0 Å². The van der Waals surface area contributed by atoms with E-state index in [9.17, 15) is 8.42 Å². The number of sulfonamides is 1. The lowest BCUT2D eigenvalue weighted by atomic mass is 10.4. The van der Waals surface area contributed by atoms with Crippen molar-refractivity contribution in [2.45, 2.75) is 25.0 Å². The van der Waals surface area contributed by atoms with Crippen molar-refractivity contribution >= 4 is 10.0 Å². The summed E-state index contributed by atoms with van der Waals surface area (Å²) in [5, 5.41) is 3.02. The number of hydrogen-bond acceptors (Lipinski definition) is 5. The van der Waals surface area contributed by atoms with Gasteiger partial charge < -0.3 is 14.3 Å². The van der Waals surface area contributed by atoms with E-state index in [2.05, 4.69) is 15.0 Å². The largest absolute Gasteiger partial charge is 0.447 e. The molecule has 0 saturated heterocycles. The molecule has 0 bridgehead atoms. The van der Waals surface area contributed by atoms with Crippen LogP contribution in [0.5, 0.6) is 0 Å².